The van der Waals surface area contributed by atoms with Crippen LogP contribution in [0.5, 0.6) is 5.75 Å². The van der Waals surface area contributed by atoms with Crippen LogP contribution in [0.15, 0.2) is 41.5 Å². The van der Waals surface area contributed by atoms with Crippen LogP contribution in [0.1, 0.15) is 5.69 Å². The number of benzene rings is 1. The molecule has 0 aliphatic carbocycles. The molecular formula is C12H11ClN2O. The van der Waals surface area contributed by atoms with Crippen LogP contribution in [0.3, 0.4) is 0 Å². The van der Waals surface area contributed by atoms with Crippen molar-refractivity contribution in [1.82, 2.24) is 4.57 Å². The van der Waals surface area contributed by atoms with E-state index in [1.807, 2.05) is 29.9 Å². The van der Waals surface area contributed by atoms with E-state index in [4.69, 9.17) is 11.6 Å². The van der Waals surface area contributed by atoms with E-state index in [1.54, 1.807) is 18.3 Å². The summed E-state index contributed by atoms with van der Waals surface area (Å²) in [5.41, 5.74) is 1.47. The normalized spacial score (nSPS) is 11.1. The average Bonchev–Trinajstić information content (AvgIpc) is 2.63. The Balaban J connectivity index is 2.27. The van der Waals surface area contributed by atoms with Gasteiger partial charge < -0.3 is 9.67 Å². The molecule has 82 valence electrons. The summed E-state index contributed by atoms with van der Waals surface area (Å²) in [6, 6.07) is 8.72. The minimum Gasteiger partial charge on any atom is -0.506 e. The van der Waals surface area contributed by atoms with Crippen molar-refractivity contribution in [1.29, 1.82) is 0 Å². The van der Waals surface area contributed by atoms with Gasteiger partial charge in [-0.1, -0.05) is 11.6 Å². The van der Waals surface area contributed by atoms with Crippen molar-refractivity contribution in [2.24, 2.45) is 12.0 Å². The fraction of sp³-hybridized carbons (Fsp3) is 0.0833. The predicted octanol–water partition coefficient (Wildman–Crippen LogP) is 3.13. The topological polar surface area (TPSA) is 37.5 Å². The number of aromatic nitrogens is 1. The number of hydrogen-bond donors (Lipinski definition) is 1. The van der Waals surface area contributed by atoms with Gasteiger partial charge in [-0.3, -0.25) is 4.99 Å². The first kappa shape index (κ1) is 10.8. The van der Waals surface area contributed by atoms with Crippen LogP contribution < -0.4 is 0 Å². The predicted molar refractivity (Wildman–Crippen MR) is 65.8 cm³/mol. The third kappa shape index (κ3) is 2.25. The Morgan fingerprint density at radius 1 is 1.38 bits per heavy atom. The molecule has 3 nitrogen and oxygen atoms in total. The molecule has 0 unspecified atom stereocenters. The summed E-state index contributed by atoms with van der Waals surface area (Å²) in [5.74, 6) is 0.0814. The number of halogens is 1. The van der Waals surface area contributed by atoms with Crippen LogP contribution in [-0.4, -0.2) is 15.9 Å². The molecule has 0 aliphatic rings. The van der Waals surface area contributed by atoms with Gasteiger partial charge in [-0.2, -0.15) is 0 Å². The molecule has 0 fully saturated rings. The fourth-order valence-corrected chi connectivity index (χ4v) is 1.52. The molecule has 0 radical (unpaired) electrons. The molecule has 4 heteroatoms. The monoisotopic (exact) mass is 234 g/mol. The summed E-state index contributed by atoms with van der Waals surface area (Å²) >= 11 is 5.73. The Kier molecular flexibility index (Phi) is 2.97. The summed E-state index contributed by atoms with van der Waals surface area (Å²) < 4.78 is 1.94. The standard InChI is InChI=1S/C12H11ClN2O/c1-15-6-2-3-10(15)8-14-11-5-4-9(13)7-12(11)16/h2-8,16H,1H3. The van der Waals surface area contributed by atoms with Crippen LogP contribution in [0, 0.1) is 0 Å². The van der Waals surface area contributed by atoms with Gasteiger partial charge in [-0.05, 0) is 24.3 Å². The van der Waals surface area contributed by atoms with Crippen molar-refractivity contribution < 1.29 is 5.11 Å². The third-order valence-corrected chi connectivity index (χ3v) is 2.49. The van der Waals surface area contributed by atoms with Gasteiger partial charge in [0, 0.05) is 24.3 Å². The van der Waals surface area contributed by atoms with Gasteiger partial charge in [0.2, 0.25) is 0 Å². The average molecular weight is 235 g/mol. The third-order valence-electron chi connectivity index (χ3n) is 2.26. The van der Waals surface area contributed by atoms with Crippen molar-refractivity contribution in [3.8, 4) is 5.75 Å². The lowest BCUT2D eigenvalue weighted by molar-refractivity contribution is 0.477. The van der Waals surface area contributed by atoms with Crippen molar-refractivity contribution in [3.63, 3.8) is 0 Å². The minimum absolute atomic E-state index is 0.0814. The zero-order valence-electron chi connectivity index (χ0n) is 8.76. The SMILES string of the molecule is Cn1cccc1C=Nc1ccc(Cl)cc1O. The molecular weight excluding hydrogens is 224 g/mol. The number of phenolic OH excluding ortho intramolecular Hbond substituents is 1. The largest absolute Gasteiger partial charge is 0.506 e. The van der Waals surface area contributed by atoms with Crippen molar-refractivity contribution in [3.05, 3.63) is 47.2 Å². The number of hydrogen-bond acceptors (Lipinski definition) is 2. The fourth-order valence-electron chi connectivity index (χ4n) is 1.35. The molecule has 0 bridgehead atoms. The second-order valence-corrected chi connectivity index (χ2v) is 3.87. The Morgan fingerprint density at radius 3 is 2.81 bits per heavy atom. The lowest BCUT2D eigenvalue weighted by atomic mass is 10.3. The summed E-state index contributed by atoms with van der Waals surface area (Å²) in [7, 11) is 1.93. The van der Waals surface area contributed by atoms with E-state index >= 15 is 0 Å². The first-order valence-corrected chi connectivity index (χ1v) is 5.18. The zero-order chi connectivity index (χ0) is 11.5. The van der Waals surface area contributed by atoms with Crippen LogP contribution in [0.2, 0.25) is 5.02 Å². The number of aryl methyl sites for hydroxylation is 1. The van der Waals surface area contributed by atoms with E-state index in [2.05, 4.69) is 4.99 Å². The molecule has 0 spiro atoms. The molecule has 0 amide bonds. The van der Waals surface area contributed by atoms with Crippen LogP contribution in [0.4, 0.5) is 5.69 Å². The minimum atomic E-state index is 0.0814. The van der Waals surface area contributed by atoms with Crippen molar-refractivity contribution >= 4 is 23.5 Å². The zero-order valence-corrected chi connectivity index (χ0v) is 9.52. The number of phenols is 1. The highest BCUT2D eigenvalue weighted by Crippen LogP contribution is 2.28. The molecule has 0 saturated heterocycles. The molecule has 2 rings (SSSR count). The number of nitrogens with zero attached hydrogens (tertiary/aromatic N) is 2. The second kappa shape index (κ2) is 4.41. The molecule has 1 aromatic carbocycles. The molecule has 2 aromatic rings. The highest BCUT2D eigenvalue weighted by atomic mass is 35.5. The Morgan fingerprint density at radius 2 is 2.19 bits per heavy atom. The molecule has 1 N–H and O–H groups in total. The van der Waals surface area contributed by atoms with Gasteiger partial charge in [0.05, 0.1) is 11.9 Å². The quantitative estimate of drug-likeness (QED) is 0.797. The maximum Gasteiger partial charge on any atom is 0.142 e. The van der Waals surface area contributed by atoms with Crippen LogP contribution in [0.25, 0.3) is 0 Å². The van der Waals surface area contributed by atoms with E-state index in [0.29, 0.717) is 10.7 Å². The molecule has 1 aromatic heterocycles. The van der Waals surface area contributed by atoms with E-state index in [0.717, 1.165) is 5.69 Å². The molecule has 1 heterocycles. The van der Waals surface area contributed by atoms with E-state index in [-0.39, 0.29) is 5.75 Å². The van der Waals surface area contributed by atoms with E-state index < -0.39 is 0 Å². The summed E-state index contributed by atoms with van der Waals surface area (Å²) in [6.07, 6.45) is 3.63. The van der Waals surface area contributed by atoms with Gasteiger partial charge in [0.25, 0.3) is 0 Å². The maximum absolute atomic E-state index is 9.58. The maximum atomic E-state index is 9.58. The smallest absolute Gasteiger partial charge is 0.142 e. The second-order valence-electron chi connectivity index (χ2n) is 3.44. The van der Waals surface area contributed by atoms with Crippen molar-refractivity contribution in [2.45, 2.75) is 0 Å². The van der Waals surface area contributed by atoms with E-state index in [9.17, 15) is 5.11 Å². The molecule has 0 aliphatic heterocycles. The summed E-state index contributed by atoms with van der Waals surface area (Å²) in [4.78, 5) is 4.20. The number of aliphatic imine (C=N–C) groups is 1. The Labute approximate surface area is 98.6 Å². The first-order chi connectivity index (χ1) is 7.66. The number of rotatable bonds is 2. The van der Waals surface area contributed by atoms with Crippen LogP contribution >= 0.6 is 11.6 Å². The molecule has 0 saturated carbocycles. The lowest BCUT2D eigenvalue weighted by Crippen LogP contribution is -1.91. The van der Waals surface area contributed by atoms with Gasteiger partial charge >= 0.3 is 0 Å². The van der Waals surface area contributed by atoms with Gasteiger partial charge in [-0.15, -0.1) is 0 Å². The van der Waals surface area contributed by atoms with Crippen molar-refractivity contribution in [2.75, 3.05) is 0 Å². The Bertz CT molecular complexity index is 532. The van der Waals surface area contributed by atoms with Gasteiger partial charge in [-0.25, -0.2) is 0 Å². The highest BCUT2D eigenvalue weighted by Gasteiger charge is 1.99. The summed E-state index contributed by atoms with van der Waals surface area (Å²) in [6.45, 7) is 0. The first-order valence-electron chi connectivity index (χ1n) is 4.81. The molecule has 0 atom stereocenters. The number of aromatic hydroxyl groups is 1. The highest BCUT2D eigenvalue weighted by molar-refractivity contribution is 6.30. The van der Waals surface area contributed by atoms with Crippen LogP contribution in [-0.2, 0) is 7.05 Å². The van der Waals surface area contributed by atoms with Gasteiger partial charge in [0.15, 0.2) is 0 Å². The van der Waals surface area contributed by atoms with Gasteiger partial charge in [0.1, 0.15) is 11.4 Å². The lowest BCUT2D eigenvalue weighted by Gasteiger charge is -1.99. The Hall–Kier alpha value is -1.74. The van der Waals surface area contributed by atoms with E-state index in [1.165, 1.54) is 6.07 Å². The molecule has 16 heavy (non-hydrogen) atoms. The summed E-state index contributed by atoms with van der Waals surface area (Å²) in [5, 5.41) is 10.1.